The molecule has 1 fully saturated rings. The van der Waals surface area contributed by atoms with E-state index in [1.165, 1.54) is 5.56 Å². The Balaban J connectivity index is 1.44. The number of urea groups is 1. The van der Waals surface area contributed by atoms with E-state index in [1.54, 1.807) is 14.2 Å². The van der Waals surface area contributed by atoms with Crippen molar-refractivity contribution < 1.29 is 14.3 Å². The molecule has 0 saturated heterocycles. The molecular weight excluding hydrogens is 328 g/mol. The van der Waals surface area contributed by atoms with Gasteiger partial charge in [0.05, 0.1) is 14.2 Å². The van der Waals surface area contributed by atoms with Crippen LogP contribution in [0.2, 0.25) is 0 Å². The zero-order chi connectivity index (χ0) is 18.4. The molecule has 1 aliphatic carbocycles. The van der Waals surface area contributed by atoms with Gasteiger partial charge in [-0.1, -0.05) is 36.4 Å². The Hall–Kier alpha value is -2.69. The van der Waals surface area contributed by atoms with Crippen LogP contribution in [0.25, 0.3) is 0 Å². The lowest BCUT2D eigenvalue weighted by Gasteiger charge is -2.17. The first kappa shape index (κ1) is 18.1. The van der Waals surface area contributed by atoms with E-state index in [0.29, 0.717) is 24.6 Å². The molecule has 1 saturated carbocycles. The minimum atomic E-state index is -0.118. The minimum Gasteiger partial charge on any atom is -0.493 e. The normalized spacial score (nSPS) is 14.4. The molecule has 0 spiro atoms. The number of nitrogens with one attached hydrogen (secondary N) is 2. The van der Waals surface area contributed by atoms with Crippen molar-refractivity contribution >= 4 is 6.03 Å². The predicted octanol–water partition coefficient (Wildman–Crippen LogP) is 3.28. The molecule has 2 aromatic carbocycles. The predicted molar refractivity (Wildman–Crippen MR) is 102 cm³/mol. The molecular formula is C21H26N2O3. The molecule has 3 rings (SSSR count). The Morgan fingerprint density at radius 2 is 1.73 bits per heavy atom. The van der Waals surface area contributed by atoms with Crippen LogP contribution in [0.3, 0.4) is 0 Å². The Bertz CT molecular complexity index is 742. The smallest absolute Gasteiger partial charge is 0.314 e. The van der Waals surface area contributed by atoms with E-state index in [2.05, 4.69) is 34.9 Å². The molecule has 0 heterocycles. The van der Waals surface area contributed by atoms with Crippen LogP contribution in [-0.4, -0.2) is 33.3 Å². The van der Waals surface area contributed by atoms with Crippen molar-refractivity contribution in [2.24, 2.45) is 0 Å². The summed E-state index contributed by atoms with van der Waals surface area (Å²) in [5.74, 6) is 1.41. The van der Waals surface area contributed by atoms with Gasteiger partial charge in [0.1, 0.15) is 0 Å². The summed E-state index contributed by atoms with van der Waals surface area (Å²) >= 11 is 0. The first-order valence-electron chi connectivity index (χ1n) is 8.95. The van der Waals surface area contributed by atoms with Gasteiger partial charge >= 0.3 is 6.03 Å². The highest BCUT2D eigenvalue weighted by Gasteiger charge is 2.44. The molecule has 0 aliphatic heterocycles. The fraction of sp³-hybridized carbons (Fsp3) is 0.381. The Morgan fingerprint density at radius 3 is 2.38 bits per heavy atom. The summed E-state index contributed by atoms with van der Waals surface area (Å²) in [6.45, 7) is 1.25. The van der Waals surface area contributed by atoms with Crippen molar-refractivity contribution in [1.29, 1.82) is 0 Å². The topological polar surface area (TPSA) is 59.6 Å². The molecule has 0 radical (unpaired) electrons. The Labute approximate surface area is 154 Å². The number of carbonyl (C=O) groups is 1. The molecule has 0 atom stereocenters. The molecule has 0 aromatic heterocycles. The number of methoxy groups -OCH3 is 2. The van der Waals surface area contributed by atoms with Crippen LogP contribution in [0.4, 0.5) is 4.79 Å². The van der Waals surface area contributed by atoms with Gasteiger partial charge in [-0.2, -0.15) is 0 Å². The second kappa shape index (κ2) is 8.13. The number of benzene rings is 2. The first-order chi connectivity index (χ1) is 12.7. The van der Waals surface area contributed by atoms with Gasteiger partial charge in [-0.05, 0) is 42.5 Å². The quantitative estimate of drug-likeness (QED) is 0.765. The molecule has 1 aliphatic rings. The van der Waals surface area contributed by atoms with Crippen molar-refractivity contribution in [3.05, 3.63) is 59.7 Å². The number of carbonyl (C=O) groups excluding carboxylic acids is 1. The van der Waals surface area contributed by atoms with E-state index < -0.39 is 0 Å². The van der Waals surface area contributed by atoms with Crippen LogP contribution >= 0.6 is 0 Å². The average molecular weight is 354 g/mol. The van der Waals surface area contributed by atoms with Gasteiger partial charge in [0, 0.05) is 18.5 Å². The lowest BCUT2D eigenvalue weighted by molar-refractivity contribution is 0.240. The van der Waals surface area contributed by atoms with Crippen molar-refractivity contribution in [3.63, 3.8) is 0 Å². The van der Waals surface area contributed by atoms with E-state index in [-0.39, 0.29) is 11.4 Å². The molecule has 2 N–H and O–H groups in total. The molecule has 5 heteroatoms. The third-order valence-corrected chi connectivity index (χ3v) is 4.97. The molecule has 2 amide bonds. The summed E-state index contributed by atoms with van der Waals surface area (Å²) in [7, 11) is 3.24. The molecule has 26 heavy (non-hydrogen) atoms. The standard InChI is InChI=1S/C21H26N2O3/c1-25-18-9-8-16(14-19(18)26-2)10-13-22-20(24)23-15-21(11-12-21)17-6-4-3-5-7-17/h3-9,14H,10-13,15H2,1-2H3,(H2,22,23,24). The summed E-state index contributed by atoms with van der Waals surface area (Å²) < 4.78 is 10.5. The van der Waals surface area contributed by atoms with Gasteiger partial charge in [0.15, 0.2) is 11.5 Å². The van der Waals surface area contributed by atoms with Gasteiger partial charge < -0.3 is 20.1 Å². The van der Waals surface area contributed by atoms with Crippen LogP contribution < -0.4 is 20.1 Å². The van der Waals surface area contributed by atoms with Crippen LogP contribution in [0, 0.1) is 0 Å². The first-order valence-corrected chi connectivity index (χ1v) is 8.95. The Kier molecular flexibility index (Phi) is 5.66. The largest absolute Gasteiger partial charge is 0.493 e. The number of hydrogen-bond acceptors (Lipinski definition) is 3. The van der Waals surface area contributed by atoms with E-state index in [1.807, 2.05) is 24.3 Å². The third kappa shape index (κ3) is 4.28. The van der Waals surface area contributed by atoms with Crippen molar-refractivity contribution in [3.8, 4) is 11.5 Å². The average Bonchev–Trinajstić information content (AvgIpc) is 3.48. The molecule has 138 valence electrons. The maximum atomic E-state index is 12.1. The molecule has 5 nitrogen and oxygen atoms in total. The minimum absolute atomic E-state index is 0.118. The van der Waals surface area contributed by atoms with Crippen LogP contribution in [-0.2, 0) is 11.8 Å². The van der Waals surface area contributed by atoms with Gasteiger partial charge in [-0.15, -0.1) is 0 Å². The summed E-state index contributed by atoms with van der Waals surface area (Å²) in [6, 6.07) is 16.1. The number of rotatable bonds is 8. The summed E-state index contributed by atoms with van der Waals surface area (Å²) in [6.07, 6.45) is 2.99. The van der Waals surface area contributed by atoms with Crippen molar-refractivity contribution in [2.45, 2.75) is 24.7 Å². The lowest BCUT2D eigenvalue weighted by atomic mass is 9.96. The highest BCUT2D eigenvalue weighted by Crippen LogP contribution is 2.47. The maximum Gasteiger partial charge on any atom is 0.314 e. The second-order valence-corrected chi connectivity index (χ2v) is 6.70. The van der Waals surface area contributed by atoms with Crippen molar-refractivity contribution in [2.75, 3.05) is 27.3 Å². The van der Waals surface area contributed by atoms with Gasteiger partial charge in [-0.3, -0.25) is 0 Å². The monoisotopic (exact) mass is 354 g/mol. The third-order valence-electron chi connectivity index (χ3n) is 4.97. The lowest BCUT2D eigenvalue weighted by Crippen LogP contribution is -2.40. The van der Waals surface area contributed by atoms with E-state index in [4.69, 9.17) is 9.47 Å². The van der Waals surface area contributed by atoms with Crippen LogP contribution in [0.1, 0.15) is 24.0 Å². The van der Waals surface area contributed by atoms with Gasteiger partial charge in [0.2, 0.25) is 0 Å². The van der Waals surface area contributed by atoms with Crippen molar-refractivity contribution in [1.82, 2.24) is 10.6 Å². The molecule has 2 aromatic rings. The number of amides is 2. The summed E-state index contributed by atoms with van der Waals surface area (Å²) in [5, 5.41) is 5.94. The Morgan fingerprint density at radius 1 is 1.00 bits per heavy atom. The fourth-order valence-corrected chi connectivity index (χ4v) is 3.18. The zero-order valence-electron chi connectivity index (χ0n) is 15.4. The van der Waals surface area contributed by atoms with E-state index in [0.717, 1.165) is 24.8 Å². The van der Waals surface area contributed by atoms with Gasteiger partial charge in [-0.25, -0.2) is 4.79 Å². The molecule has 0 bridgehead atoms. The fourth-order valence-electron chi connectivity index (χ4n) is 3.18. The number of hydrogen-bond donors (Lipinski definition) is 2. The highest BCUT2D eigenvalue weighted by atomic mass is 16.5. The zero-order valence-corrected chi connectivity index (χ0v) is 15.4. The SMILES string of the molecule is COc1ccc(CCNC(=O)NCC2(c3ccccc3)CC2)cc1OC. The maximum absolute atomic E-state index is 12.1. The number of ether oxygens (including phenoxy) is 2. The summed E-state index contributed by atoms with van der Waals surface area (Å²) in [5.41, 5.74) is 2.53. The van der Waals surface area contributed by atoms with Crippen LogP contribution in [0.15, 0.2) is 48.5 Å². The van der Waals surface area contributed by atoms with E-state index >= 15 is 0 Å². The van der Waals surface area contributed by atoms with Gasteiger partial charge in [0.25, 0.3) is 0 Å². The van der Waals surface area contributed by atoms with Crippen LogP contribution in [0.5, 0.6) is 11.5 Å². The molecule has 0 unspecified atom stereocenters. The summed E-state index contributed by atoms with van der Waals surface area (Å²) in [4.78, 5) is 12.1. The second-order valence-electron chi connectivity index (χ2n) is 6.70. The highest BCUT2D eigenvalue weighted by molar-refractivity contribution is 5.74. The van der Waals surface area contributed by atoms with E-state index in [9.17, 15) is 4.79 Å².